The number of rotatable bonds is 6. The third kappa shape index (κ3) is 4.40. The second-order valence-electron chi connectivity index (χ2n) is 5.24. The van der Waals surface area contributed by atoms with Crippen molar-refractivity contribution in [2.45, 2.75) is 45.6 Å². The molecule has 0 saturated carbocycles. The van der Waals surface area contributed by atoms with Gasteiger partial charge in [0, 0.05) is 13.5 Å². The summed E-state index contributed by atoms with van der Waals surface area (Å²) in [5, 5.41) is 13.5. The van der Waals surface area contributed by atoms with E-state index in [1.165, 1.54) is 29.2 Å². The van der Waals surface area contributed by atoms with E-state index in [0.717, 1.165) is 19.3 Å². The topological polar surface area (TPSA) is 90.1 Å². The maximum absolute atomic E-state index is 11.8. The Labute approximate surface area is 123 Å². The molecule has 0 atom stereocenters. The monoisotopic (exact) mass is 292 g/mol. The fourth-order valence-electron chi connectivity index (χ4n) is 2.44. The minimum Gasteiger partial charge on any atom is -0.358 e. The quantitative estimate of drug-likeness (QED) is 0.494. The molecule has 114 valence electrons. The van der Waals surface area contributed by atoms with Crippen LogP contribution in [0.1, 0.15) is 37.9 Å². The van der Waals surface area contributed by atoms with Crippen molar-refractivity contribution >= 4 is 11.7 Å². The number of nitrogens with one attached hydrogen (secondary N) is 1. The van der Waals surface area contributed by atoms with Crippen molar-refractivity contribution in [1.29, 1.82) is 0 Å². The van der Waals surface area contributed by atoms with E-state index in [4.69, 9.17) is 0 Å². The highest BCUT2D eigenvalue weighted by atomic mass is 16.6. The van der Waals surface area contributed by atoms with E-state index in [2.05, 4.69) is 16.4 Å². The molecule has 0 saturated heterocycles. The maximum Gasteiger partial charge on any atom is 0.381 e. The van der Waals surface area contributed by atoms with Crippen molar-refractivity contribution in [3.63, 3.8) is 0 Å². The fourth-order valence-corrected chi connectivity index (χ4v) is 2.44. The number of nitrogens with zero attached hydrogens (tertiary/aromatic N) is 3. The van der Waals surface area contributed by atoms with Gasteiger partial charge in [0.15, 0.2) is 0 Å². The van der Waals surface area contributed by atoms with Crippen LogP contribution in [-0.2, 0) is 11.3 Å². The number of aromatic nitrogens is 2. The molecule has 1 aliphatic rings. The average molecular weight is 292 g/mol. The van der Waals surface area contributed by atoms with Gasteiger partial charge in [0.2, 0.25) is 11.7 Å². The Hall–Kier alpha value is -2.18. The van der Waals surface area contributed by atoms with Crippen LogP contribution >= 0.6 is 0 Å². The maximum atomic E-state index is 11.8. The fraction of sp³-hybridized carbons (Fsp3) is 0.571. The first-order chi connectivity index (χ1) is 10.1. The predicted octanol–water partition coefficient (Wildman–Crippen LogP) is 2.11. The summed E-state index contributed by atoms with van der Waals surface area (Å²) in [5.74, 6) is 0.0845. The molecular weight excluding hydrogens is 272 g/mol. The minimum absolute atomic E-state index is 0.0612. The molecule has 0 radical (unpaired) electrons. The summed E-state index contributed by atoms with van der Waals surface area (Å²) < 4.78 is 1.49. The molecule has 21 heavy (non-hydrogen) atoms. The molecule has 1 N–H and O–H groups in total. The highest BCUT2D eigenvalue weighted by molar-refractivity contribution is 5.75. The van der Waals surface area contributed by atoms with Crippen LogP contribution in [-0.4, -0.2) is 26.9 Å². The second kappa shape index (κ2) is 7.01. The molecule has 7 heteroatoms. The lowest BCUT2D eigenvalue weighted by molar-refractivity contribution is -0.389. The number of nitro groups is 1. The van der Waals surface area contributed by atoms with Gasteiger partial charge < -0.3 is 15.4 Å². The first kappa shape index (κ1) is 15.2. The third-order valence-electron chi connectivity index (χ3n) is 3.62. The van der Waals surface area contributed by atoms with Crippen molar-refractivity contribution in [3.8, 4) is 0 Å². The summed E-state index contributed by atoms with van der Waals surface area (Å²) in [6.45, 7) is 2.32. The van der Waals surface area contributed by atoms with E-state index in [1.54, 1.807) is 6.92 Å². The van der Waals surface area contributed by atoms with Gasteiger partial charge in [-0.1, -0.05) is 11.6 Å². The smallest absolute Gasteiger partial charge is 0.358 e. The predicted molar refractivity (Wildman–Crippen MR) is 77.8 cm³/mol. The third-order valence-corrected chi connectivity index (χ3v) is 3.62. The van der Waals surface area contributed by atoms with Crippen LogP contribution in [0.25, 0.3) is 0 Å². The molecular formula is C14H20N4O3. The van der Waals surface area contributed by atoms with Crippen LogP contribution in [0, 0.1) is 17.0 Å². The molecule has 0 fully saturated rings. The number of aryl methyl sites for hydroxylation is 1. The number of hydrogen-bond acceptors (Lipinski definition) is 4. The normalized spacial score (nSPS) is 14.6. The van der Waals surface area contributed by atoms with E-state index < -0.39 is 4.92 Å². The molecule has 0 aliphatic heterocycles. The summed E-state index contributed by atoms with van der Waals surface area (Å²) >= 11 is 0. The van der Waals surface area contributed by atoms with Gasteiger partial charge in [0.25, 0.3) is 0 Å². The van der Waals surface area contributed by atoms with Crippen LogP contribution in [0.2, 0.25) is 0 Å². The van der Waals surface area contributed by atoms with Gasteiger partial charge in [-0.25, -0.2) is 0 Å². The number of carbonyl (C=O) groups is 1. The number of hydrogen-bond donors (Lipinski definition) is 1. The number of carbonyl (C=O) groups excluding carboxylic acids is 1. The Bertz CT molecular complexity index is 563. The van der Waals surface area contributed by atoms with Crippen LogP contribution in [0.5, 0.6) is 0 Å². The highest BCUT2D eigenvalue weighted by Gasteiger charge is 2.16. The molecule has 0 aromatic carbocycles. The second-order valence-corrected chi connectivity index (χ2v) is 5.24. The molecule has 0 unspecified atom stereocenters. The number of amides is 1. The Morgan fingerprint density at radius 2 is 2.33 bits per heavy atom. The summed E-state index contributed by atoms with van der Waals surface area (Å²) in [6.07, 6.45) is 9.20. The molecule has 0 bridgehead atoms. The zero-order valence-electron chi connectivity index (χ0n) is 12.2. The van der Waals surface area contributed by atoms with Gasteiger partial charge in [0.1, 0.15) is 12.7 Å². The van der Waals surface area contributed by atoms with Gasteiger partial charge >= 0.3 is 5.82 Å². The lowest BCUT2D eigenvalue weighted by Gasteiger charge is -2.13. The molecule has 0 spiro atoms. The van der Waals surface area contributed by atoms with Crippen LogP contribution < -0.4 is 5.32 Å². The van der Waals surface area contributed by atoms with Gasteiger partial charge in [-0.2, -0.15) is 0 Å². The minimum atomic E-state index is -0.559. The Morgan fingerprint density at radius 3 is 2.95 bits per heavy atom. The Kier molecular flexibility index (Phi) is 5.08. The average Bonchev–Trinajstić information content (AvgIpc) is 2.81. The van der Waals surface area contributed by atoms with Gasteiger partial charge in [-0.15, -0.1) is 0 Å². The Morgan fingerprint density at radius 1 is 1.52 bits per heavy atom. The lowest BCUT2D eigenvalue weighted by atomic mass is 9.97. The van der Waals surface area contributed by atoms with Gasteiger partial charge in [-0.05, 0) is 42.0 Å². The SMILES string of the molecule is Cc1nc([N+](=O)[O-])cn1CC(=O)NCCC1=CCCCC1. The largest absolute Gasteiger partial charge is 0.381 e. The molecule has 1 aromatic rings. The molecule has 7 nitrogen and oxygen atoms in total. The van der Waals surface area contributed by atoms with E-state index in [0.29, 0.717) is 12.4 Å². The van der Waals surface area contributed by atoms with Crippen LogP contribution in [0.15, 0.2) is 17.8 Å². The van der Waals surface area contributed by atoms with Gasteiger partial charge in [-0.3, -0.25) is 9.36 Å². The highest BCUT2D eigenvalue weighted by Crippen LogP contribution is 2.19. The summed E-state index contributed by atoms with van der Waals surface area (Å²) in [5.41, 5.74) is 1.41. The van der Waals surface area contributed by atoms with E-state index in [9.17, 15) is 14.9 Å². The number of allylic oxidation sites excluding steroid dienone is 1. The first-order valence-corrected chi connectivity index (χ1v) is 7.19. The van der Waals surface area contributed by atoms with E-state index >= 15 is 0 Å². The Balaban J connectivity index is 1.79. The van der Waals surface area contributed by atoms with E-state index in [-0.39, 0.29) is 18.3 Å². The number of imidazole rings is 1. The molecule has 1 heterocycles. The van der Waals surface area contributed by atoms with Crippen molar-refractivity contribution in [2.24, 2.45) is 0 Å². The molecule has 2 rings (SSSR count). The molecule has 1 aliphatic carbocycles. The van der Waals surface area contributed by atoms with Crippen molar-refractivity contribution in [2.75, 3.05) is 6.54 Å². The van der Waals surface area contributed by atoms with Crippen LogP contribution in [0.4, 0.5) is 5.82 Å². The van der Waals surface area contributed by atoms with Crippen molar-refractivity contribution in [3.05, 3.63) is 33.8 Å². The molecule has 1 amide bonds. The first-order valence-electron chi connectivity index (χ1n) is 7.19. The summed E-state index contributed by atoms with van der Waals surface area (Å²) in [6, 6.07) is 0. The lowest BCUT2D eigenvalue weighted by Crippen LogP contribution is -2.28. The summed E-state index contributed by atoms with van der Waals surface area (Å²) in [4.78, 5) is 25.7. The standard InChI is InChI=1S/C14H20N4O3/c1-11-16-13(18(20)21)9-17(11)10-14(19)15-8-7-12-5-3-2-4-6-12/h5,9H,2-4,6-8,10H2,1H3,(H,15,19). The zero-order valence-corrected chi connectivity index (χ0v) is 12.2. The van der Waals surface area contributed by atoms with Crippen molar-refractivity contribution < 1.29 is 9.72 Å². The van der Waals surface area contributed by atoms with Crippen LogP contribution in [0.3, 0.4) is 0 Å². The van der Waals surface area contributed by atoms with E-state index in [1.807, 2.05) is 0 Å². The van der Waals surface area contributed by atoms with Crippen molar-refractivity contribution in [1.82, 2.24) is 14.9 Å². The molecule has 1 aromatic heterocycles. The zero-order chi connectivity index (χ0) is 15.2. The van der Waals surface area contributed by atoms with Gasteiger partial charge in [0.05, 0.1) is 0 Å². The summed E-state index contributed by atoms with van der Waals surface area (Å²) in [7, 11) is 0.